The van der Waals surface area contributed by atoms with Crippen molar-refractivity contribution >= 4 is 34.6 Å². The maximum absolute atomic E-state index is 11.1. The van der Waals surface area contributed by atoms with Crippen LogP contribution in [0.2, 0.25) is 0 Å². The number of nitriles is 1. The molecule has 4 heteroatoms. The Labute approximate surface area is 108 Å². The Hall–Kier alpha value is -1.35. The molecule has 0 saturated carbocycles. The minimum atomic E-state index is -0.398. The van der Waals surface area contributed by atoms with Crippen molar-refractivity contribution in [2.24, 2.45) is 0 Å². The monoisotopic (exact) mass is 327 g/mol. The van der Waals surface area contributed by atoms with E-state index in [4.69, 9.17) is 10.00 Å². The number of carbonyl (C=O) groups excluding carboxylic acids is 1. The van der Waals surface area contributed by atoms with Crippen molar-refractivity contribution in [2.75, 3.05) is 6.61 Å². The maximum Gasteiger partial charge on any atom is 0.330 e. The van der Waals surface area contributed by atoms with Crippen LogP contribution in [0.15, 0.2) is 24.3 Å². The lowest BCUT2D eigenvalue weighted by Crippen LogP contribution is -1.98. The highest BCUT2D eigenvalue weighted by molar-refractivity contribution is 14.1. The molecule has 0 fully saturated rings. The molecule has 0 saturated heterocycles. The molecule has 1 aromatic carbocycles. The predicted molar refractivity (Wildman–Crippen MR) is 69.5 cm³/mol. The molecule has 0 aliphatic carbocycles. The number of hydrogen-bond donors (Lipinski definition) is 0. The van der Waals surface area contributed by atoms with Gasteiger partial charge in [0.15, 0.2) is 0 Å². The first-order chi connectivity index (χ1) is 7.67. The summed E-state index contributed by atoms with van der Waals surface area (Å²) in [6, 6.07) is 7.49. The maximum atomic E-state index is 11.1. The van der Waals surface area contributed by atoms with Gasteiger partial charge in [0.1, 0.15) is 0 Å². The lowest BCUT2D eigenvalue weighted by molar-refractivity contribution is -0.137. The molecule has 16 heavy (non-hydrogen) atoms. The zero-order chi connectivity index (χ0) is 12.0. The minimum absolute atomic E-state index is 0.348. The van der Waals surface area contributed by atoms with Crippen molar-refractivity contribution in [3.8, 4) is 6.07 Å². The van der Waals surface area contributed by atoms with E-state index in [1.807, 2.05) is 12.1 Å². The number of ether oxygens (including phenoxy) is 1. The molecule has 0 aliphatic heterocycles. The number of esters is 1. The van der Waals surface area contributed by atoms with Gasteiger partial charge in [0.2, 0.25) is 0 Å². The fourth-order valence-electron chi connectivity index (χ4n) is 1.12. The first-order valence-electron chi connectivity index (χ1n) is 4.72. The second-order valence-corrected chi connectivity index (χ2v) is 4.17. The molecule has 0 N–H and O–H groups in total. The van der Waals surface area contributed by atoms with Gasteiger partial charge in [0, 0.05) is 9.65 Å². The third kappa shape index (κ3) is 3.66. The number of rotatable bonds is 3. The van der Waals surface area contributed by atoms with Gasteiger partial charge in [-0.05, 0) is 59.4 Å². The van der Waals surface area contributed by atoms with E-state index >= 15 is 0 Å². The first-order valence-corrected chi connectivity index (χ1v) is 5.79. The highest BCUT2D eigenvalue weighted by atomic mass is 127. The Morgan fingerprint density at radius 1 is 1.62 bits per heavy atom. The summed E-state index contributed by atoms with van der Waals surface area (Å²) in [5.74, 6) is -0.398. The molecular weight excluding hydrogens is 317 g/mol. The summed E-state index contributed by atoms with van der Waals surface area (Å²) in [6.07, 6.45) is 2.93. The Morgan fingerprint density at radius 2 is 2.38 bits per heavy atom. The molecule has 0 bridgehead atoms. The Morgan fingerprint density at radius 3 is 3.00 bits per heavy atom. The number of benzene rings is 1. The van der Waals surface area contributed by atoms with Crippen molar-refractivity contribution < 1.29 is 9.53 Å². The zero-order valence-electron chi connectivity index (χ0n) is 8.74. The highest BCUT2D eigenvalue weighted by Gasteiger charge is 2.00. The van der Waals surface area contributed by atoms with Gasteiger partial charge in [-0.1, -0.05) is 0 Å². The largest absolute Gasteiger partial charge is 0.463 e. The van der Waals surface area contributed by atoms with Gasteiger partial charge in [0.25, 0.3) is 0 Å². The van der Waals surface area contributed by atoms with E-state index < -0.39 is 5.97 Å². The molecule has 1 rings (SSSR count). The van der Waals surface area contributed by atoms with E-state index in [0.29, 0.717) is 12.2 Å². The van der Waals surface area contributed by atoms with Crippen LogP contribution in [0.1, 0.15) is 18.1 Å². The van der Waals surface area contributed by atoms with E-state index in [1.54, 1.807) is 19.1 Å². The Kier molecular flexibility index (Phi) is 4.99. The third-order valence-electron chi connectivity index (χ3n) is 1.82. The quantitative estimate of drug-likeness (QED) is 0.487. The van der Waals surface area contributed by atoms with Gasteiger partial charge in [-0.3, -0.25) is 0 Å². The predicted octanol–water partition coefficient (Wildman–Crippen LogP) is 2.74. The SMILES string of the molecule is CCOC(=O)/C=C/c1cc(I)ccc1C#N. The van der Waals surface area contributed by atoms with Crippen LogP contribution in [0.5, 0.6) is 0 Å². The number of halogens is 1. The summed E-state index contributed by atoms with van der Waals surface area (Å²) >= 11 is 2.15. The summed E-state index contributed by atoms with van der Waals surface area (Å²) in [7, 11) is 0. The Bertz CT molecular complexity index is 461. The standard InChI is InChI=1S/C12H10INO2/c1-2-16-12(15)6-4-9-7-11(13)5-3-10(9)8-14/h3-7H,2H2,1H3/b6-4+. The zero-order valence-corrected chi connectivity index (χ0v) is 10.9. The second-order valence-electron chi connectivity index (χ2n) is 2.93. The van der Waals surface area contributed by atoms with Crippen molar-refractivity contribution in [1.82, 2.24) is 0 Å². The molecule has 3 nitrogen and oxygen atoms in total. The molecule has 0 unspecified atom stereocenters. The van der Waals surface area contributed by atoms with E-state index in [9.17, 15) is 4.79 Å². The van der Waals surface area contributed by atoms with Crippen molar-refractivity contribution in [3.63, 3.8) is 0 Å². The summed E-state index contributed by atoms with van der Waals surface area (Å²) in [4.78, 5) is 11.1. The van der Waals surface area contributed by atoms with Gasteiger partial charge >= 0.3 is 5.97 Å². The molecule has 0 aliphatic rings. The first kappa shape index (κ1) is 12.7. The van der Waals surface area contributed by atoms with Crippen LogP contribution in [0.25, 0.3) is 6.08 Å². The van der Waals surface area contributed by atoms with Gasteiger partial charge in [0.05, 0.1) is 18.2 Å². The van der Waals surface area contributed by atoms with Gasteiger partial charge in [-0.15, -0.1) is 0 Å². The summed E-state index contributed by atoms with van der Waals surface area (Å²) in [5, 5.41) is 8.88. The summed E-state index contributed by atoms with van der Waals surface area (Å²) in [5.41, 5.74) is 1.27. The molecule has 0 amide bonds. The number of carbonyl (C=O) groups is 1. The molecule has 0 heterocycles. The lowest BCUT2D eigenvalue weighted by atomic mass is 10.1. The normalized spacial score (nSPS) is 10.1. The Balaban J connectivity index is 2.92. The lowest BCUT2D eigenvalue weighted by Gasteiger charge is -1.99. The molecule has 1 aromatic rings. The molecule has 0 aromatic heterocycles. The fourth-order valence-corrected chi connectivity index (χ4v) is 1.64. The van der Waals surface area contributed by atoms with Crippen molar-refractivity contribution in [2.45, 2.75) is 6.92 Å². The van der Waals surface area contributed by atoms with Crippen LogP contribution in [0.4, 0.5) is 0 Å². The van der Waals surface area contributed by atoms with E-state index in [2.05, 4.69) is 28.7 Å². The van der Waals surface area contributed by atoms with Crippen LogP contribution in [-0.2, 0) is 9.53 Å². The molecule has 0 spiro atoms. The third-order valence-corrected chi connectivity index (χ3v) is 2.49. The molecule has 0 radical (unpaired) electrons. The van der Waals surface area contributed by atoms with Gasteiger partial charge in [-0.2, -0.15) is 5.26 Å². The molecule has 82 valence electrons. The number of nitrogens with zero attached hydrogens (tertiary/aromatic N) is 1. The topological polar surface area (TPSA) is 50.1 Å². The number of hydrogen-bond acceptors (Lipinski definition) is 3. The van der Waals surface area contributed by atoms with Crippen LogP contribution < -0.4 is 0 Å². The molecular formula is C12H10INO2. The van der Waals surface area contributed by atoms with Crippen LogP contribution in [0, 0.1) is 14.9 Å². The highest BCUT2D eigenvalue weighted by Crippen LogP contribution is 2.14. The van der Waals surface area contributed by atoms with Crippen molar-refractivity contribution in [3.05, 3.63) is 39.0 Å². The summed E-state index contributed by atoms with van der Waals surface area (Å²) < 4.78 is 5.77. The van der Waals surface area contributed by atoms with E-state index in [1.165, 1.54) is 6.08 Å². The average molecular weight is 327 g/mol. The van der Waals surface area contributed by atoms with Gasteiger partial charge < -0.3 is 4.74 Å². The smallest absolute Gasteiger partial charge is 0.330 e. The van der Waals surface area contributed by atoms with Crippen molar-refractivity contribution in [1.29, 1.82) is 5.26 Å². The van der Waals surface area contributed by atoms with E-state index in [-0.39, 0.29) is 0 Å². The fraction of sp³-hybridized carbons (Fsp3) is 0.167. The van der Waals surface area contributed by atoms with E-state index in [0.717, 1.165) is 9.13 Å². The second kappa shape index (κ2) is 6.28. The minimum Gasteiger partial charge on any atom is -0.463 e. The average Bonchev–Trinajstić information content (AvgIpc) is 2.27. The van der Waals surface area contributed by atoms with Gasteiger partial charge in [-0.25, -0.2) is 4.79 Å². The van der Waals surface area contributed by atoms with Crippen LogP contribution in [0.3, 0.4) is 0 Å². The molecule has 0 atom stereocenters. The summed E-state index contributed by atoms with van der Waals surface area (Å²) in [6.45, 7) is 2.10. The van der Waals surface area contributed by atoms with Crippen LogP contribution >= 0.6 is 22.6 Å². The van der Waals surface area contributed by atoms with Crippen LogP contribution in [-0.4, -0.2) is 12.6 Å².